The minimum atomic E-state index is -3.98. The second-order valence-corrected chi connectivity index (χ2v) is 3.85. The van der Waals surface area contributed by atoms with Gasteiger partial charge in [0.1, 0.15) is 0 Å². The lowest BCUT2D eigenvalue weighted by Crippen LogP contribution is -2.39. The fourth-order valence-electron chi connectivity index (χ4n) is 1.26. The van der Waals surface area contributed by atoms with Crippen molar-refractivity contribution >= 4 is 5.97 Å². The molecule has 0 unspecified atom stereocenters. The van der Waals surface area contributed by atoms with Crippen molar-refractivity contribution in [2.24, 2.45) is 0 Å². The van der Waals surface area contributed by atoms with Crippen LogP contribution in [0.15, 0.2) is 0 Å². The molecule has 0 bridgehead atoms. The van der Waals surface area contributed by atoms with Crippen molar-refractivity contribution in [1.82, 2.24) is 5.32 Å². The molecule has 0 rings (SSSR count). The second kappa shape index (κ2) is 9.13. The second-order valence-electron chi connectivity index (χ2n) is 3.85. The molecule has 0 radical (unpaired) electrons. The third kappa shape index (κ3) is 8.27. The lowest BCUT2D eigenvalue weighted by molar-refractivity contribution is -0.143. The zero-order valence-corrected chi connectivity index (χ0v) is 10.4. The van der Waals surface area contributed by atoms with Gasteiger partial charge in [-0.2, -0.15) is 8.78 Å². The Bertz CT molecular complexity index is 237. The van der Waals surface area contributed by atoms with E-state index >= 15 is 0 Å². The number of carbonyl (C=O) groups is 1. The van der Waals surface area contributed by atoms with Crippen LogP contribution in [0.2, 0.25) is 0 Å². The smallest absolute Gasteiger partial charge is 0.319 e. The van der Waals surface area contributed by atoms with E-state index in [1.165, 1.54) is 0 Å². The number of hydrogen-bond acceptors (Lipinski definition) is 3. The molecule has 108 valence electrons. The van der Waals surface area contributed by atoms with Crippen LogP contribution in [0.5, 0.6) is 0 Å². The molecule has 0 heterocycles. The Morgan fingerprint density at radius 1 is 1.28 bits per heavy atom. The molecule has 0 saturated carbocycles. The Hall–Kier alpha value is -0.850. The minimum absolute atomic E-state index is 0.227. The van der Waals surface area contributed by atoms with E-state index in [0.29, 0.717) is 32.3 Å². The molecule has 7 heteroatoms. The average molecular weight is 273 g/mol. The average Bonchev–Trinajstić information content (AvgIpc) is 2.27. The fraction of sp³-hybridized carbons (Fsp3) is 0.909. The van der Waals surface area contributed by atoms with Gasteiger partial charge >= 0.3 is 18.3 Å². The molecule has 0 fully saturated rings. The van der Waals surface area contributed by atoms with Crippen LogP contribution < -0.4 is 5.32 Å². The lowest BCUT2D eigenvalue weighted by Gasteiger charge is -2.15. The first kappa shape index (κ1) is 17.2. The molecule has 0 spiro atoms. The normalized spacial score (nSPS) is 11.9. The molecule has 0 aromatic rings. The van der Waals surface area contributed by atoms with Gasteiger partial charge < -0.3 is 10.1 Å². The standard InChI is InChI=1S/C11H19F4NO2/c1-2-18-9(17)6-4-3-5-7-16-8-11(14,15)10(12)13/h10,16H,2-8H2,1H3. The lowest BCUT2D eigenvalue weighted by atomic mass is 10.2. The summed E-state index contributed by atoms with van der Waals surface area (Å²) in [6.45, 7) is 1.25. The highest BCUT2D eigenvalue weighted by atomic mass is 19.3. The number of nitrogens with one attached hydrogen (secondary N) is 1. The summed E-state index contributed by atoms with van der Waals surface area (Å²) in [4.78, 5) is 10.9. The van der Waals surface area contributed by atoms with E-state index in [-0.39, 0.29) is 12.5 Å². The number of halogens is 4. The molecule has 0 aliphatic carbocycles. The first-order valence-electron chi connectivity index (χ1n) is 5.92. The van der Waals surface area contributed by atoms with Gasteiger partial charge in [-0.25, -0.2) is 8.78 Å². The Labute approximate surface area is 104 Å². The Morgan fingerprint density at radius 2 is 1.94 bits per heavy atom. The SMILES string of the molecule is CCOC(=O)CCCCCNCC(F)(F)C(F)F. The van der Waals surface area contributed by atoms with Crippen molar-refractivity contribution in [3.05, 3.63) is 0 Å². The van der Waals surface area contributed by atoms with Gasteiger partial charge in [-0.15, -0.1) is 0 Å². The van der Waals surface area contributed by atoms with Crippen LogP contribution in [0.25, 0.3) is 0 Å². The topological polar surface area (TPSA) is 38.3 Å². The Kier molecular flexibility index (Phi) is 8.70. The number of ether oxygens (including phenoxy) is 1. The predicted molar refractivity (Wildman–Crippen MR) is 58.9 cm³/mol. The van der Waals surface area contributed by atoms with Crippen LogP contribution in [0.3, 0.4) is 0 Å². The van der Waals surface area contributed by atoms with Crippen LogP contribution in [-0.2, 0) is 9.53 Å². The summed E-state index contributed by atoms with van der Waals surface area (Å²) >= 11 is 0. The van der Waals surface area contributed by atoms with E-state index < -0.39 is 18.9 Å². The van der Waals surface area contributed by atoms with Crippen LogP contribution in [-0.4, -0.2) is 38.0 Å². The van der Waals surface area contributed by atoms with Gasteiger partial charge in [0.05, 0.1) is 13.2 Å². The number of alkyl halides is 4. The number of unbranched alkanes of at least 4 members (excludes halogenated alkanes) is 2. The molecule has 0 aromatic heterocycles. The van der Waals surface area contributed by atoms with Crippen LogP contribution in [0, 0.1) is 0 Å². The molecule has 0 atom stereocenters. The van der Waals surface area contributed by atoms with E-state index in [2.05, 4.69) is 5.32 Å². The quantitative estimate of drug-likeness (QED) is 0.378. The summed E-state index contributed by atoms with van der Waals surface area (Å²) in [5, 5.41) is 2.27. The number of esters is 1. The minimum Gasteiger partial charge on any atom is -0.466 e. The van der Waals surface area contributed by atoms with E-state index in [9.17, 15) is 22.4 Å². The van der Waals surface area contributed by atoms with Crippen molar-refractivity contribution in [2.45, 2.75) is 45.0 Å². The van der Waals surface area contributed by atoms with Crippen molar-refractivity contribution in [1.29, 1.82) is 0 Å². The van der Waals surface area contributed by atoms with Gasteiger partial charge in [-0.1, -0.05) is 6.42 Å². The highest BCUT2D eigenvalue weighted by Crippen LogP contribution is 2.21. The molecule has 0 amide bonds. The largest absolute Gasteiger partial charge is 0.466 e. The molecule has 0 aliphatic rings. The molecule has 18 heavy (non-hydrogen) atoms. The molecule has 1 N–H and O–H groups in total. The third-order valence-electron chi connectivity index (χ3n) is 2.22. The highest BCUT2D eigenvalue weighted by molar-refractivity contribution is 5.69. The van der Waals surface area contributed by atoms with Gasteiger partial charge in [-0.05, 0) is 26.3 Å². The maximum Gasteiger partial charge on any atom is 0.319 e. The Morgan fingerprint density at radius 3 is 2.50 bits per heavy atom. The zero-order chi connectivity index (χ0) is 14.0. The molecular formula is C11H19F4NO2. The van der Waals surface area contributed by atoms with E-state index in [0.717, 1.165) is 0 Å². The highest BCUT2D eigenvalue weighted by Gasteiger charge is 2.39. The molecule has 3 nitrogen and oxygen atoms in total. The van der Waals surface area contributed by atoms with Gasteiger partial charge in [0, 0.05) is 6.42 Å². The molecule has 0 aliphatic heterocycles. The van der Waals surface area contributed by atoms with Crippen LogP contribution in [0.4, 0.5) is 17.6 Å². The monoisotopic (exact) mass is 273 g/mol. The van der Waals surface area contributed by atoms with Crippen molar-refractivity contribution in [2.75, 3.05) is 19.7 Å². The van der Waals surface area contributed by atoms with Crippen LogP contribution >= 0.6 is 0 Å². The van der Waals surface area contributed by atoms with Crippen LogP contribution in [0.1, 0.15) is 32.6 Å². The maximum absolute atomic E-state index is 12.4. The number of rotatable bonds is 10. The predicted octanol–water partition coefficient (Wildman–Crippen LogP) is 2.60. The van der Waals surface area contributed by atoms with Gasteiger partial charge in [-0.3, -0.25) is 4.79 Å². The van der Waals surface area contributed by atoms with Gasteiger partial charge in [0.2, 0.25) is 0 Å². The first-order chi connectivity index (χ1) is 8.40. The Balaban J connectivity index is 3.39. The van der Waals surface area contributed by atoms with Crippen molar-refractivity contribution in [3.8, 4) is 0 Å². The van der Waals surface area contributed by atoms with Gasteiger partial charge in [0.25, 0.3) is 0 Å². The summed E-state index contributed by atoms with van der Waals surface area (Å²) in [6.07, 6.45) is -1.54. The third-order valence-corrected chi connectivity index (χ3v) is 2.22. The molecule has 0 saturated heterocycles. The fourth-order valence-corrected chi connectivity index (χ4v) is 1.26. The summed E-state index contributed by atoms with van der Waals surface area (Å²) in [5.74, 6) is -4.26. The molecular weight excluding hydrogens is 254 g/mol. The summed E-state index contributed by atoms with van der Waals surface area (Å²) in [6, 6.07) is 0. The summed E-state index contributed by atoms with van der Waals surface area (Å²) in [5.41, 5.74) is 0. The van der Waals surface area contributed by atoms with E-state index in [4.69, 9.17) is 4.74 Å². The number of hydrogen-bond donors (Lipinski definition) is 1. The van der Waals surface area contributed by atoms with Crippen molar-refractivity contribution in [3.63, 3.8) is 0 Å². The molecule has 0 aromatic carbocycles. The van der Waals surface area contributed by atoms with Crippen molar-refractivity contribution < 1.29 is 27.1 Å². The first-order valence-corrected chi connectivity index (χ1v) is 5.92. The zero-order valence-electron chi connectivity index (χ0n) is 10.4. The summed E-state index contributed by atoms with van der Waals surface area (Å²) < 4.78 is 53.1. The maximum atomic E-state index is 12.4. The van der Waals surface area contributed by atoms with Gasteiger partial charge in [0.15, 0.2) is 0 Å². The van der Waals surface area contributed by atoms with E-state index in [1.54, 1.807) is 6.92 Å². The van der Waals surface area contributed by atoms with E-state index in [1.807, 2.05) is 0 Å². The summed E-state index contributed by atoms with van der Waals surface area (Å²) in [7, 11) is 0. The number of carbonyl (C=O) groups excluding carboxylic acids is 1.